The van der Waals surface area contributed by atoms with Crippen molar-refractivity contribution in [2.45, 2.75) is 12.5 Å². The zero-order valence-corrected chi connectivity index (χ0v) is 12.7. The minimum atomic E-state index is -3.02. The van der Waals surface area contributed by atoms with Gasteiger partial charge in [0.15, 0.2) is 15.5 Å². The monoisotopic (exact) mass is 323 g/mol. The van der Waals surface area contributed by atoms with Crippen LogP contribution in [-0.4, -0.2) is 41.5 Å². The highest BCUT2D eigenvalue weighted by atomic mass is 32.2. The molecule has 1 aliphatic rings. The van der Waals surface area contributed by atoms with Crippen LogP contribution in [0.5, 0.6) is 0 Å². The zero-order chi connectivity index (χ0) is 14.9. The summed E-state index contributed by atoms with van der Waals surface area (Å²) in [5.41, 5.74) is 1.12. The summed E-state index contributed by atoms with van der Waals surface area (Å²) in [6.07, 6.45) is 0.451. The number of aromatic nitrogens is 2. The normalized spacial score (nSPS) is 20.3. The molecule has 0 aliphatic carbocycles. The van der Waals surface area contributed by atoms with E-state index in [1.165, 1.54) is 0 Å². The minimum Gasteiger partial charge on any atom is -0.347 e. The summed E-state index contributed by atoms with van der Waals surface area (Å²) < 4.78 is 26.7. The Morgan fingerprint density at radius 2 is 2.05 bits per heavy atom. The highest BCUT2D eigenvalue weighted by molar-refractivity contribution is 7.91. The molecular weight excluding hydrogens is 310 g/mol. The molecule has 0 spiro atoms. The van der Waals surface area contributed by atoms with Crippen molar-refractivity contribution >= 4 is 27.3 Å². The van der Waals surface area contributed by atoms with Gasteiger partial charge in [0, 0.05) is 6.04 Å². The van der Waals surface area contributed by atoms with Gasteiger partial charge in [-0.3, -0.25) is 4.79 Å². The summed E-state index contributed by atoms with van der Waals surface area (Å²) in [6.45, 7) is 0. The van der Waals surface area contributed by atoms with Gasteiger partial charge < -0.3 is 5.32 Å². The van der Waals surface area contributed by atoms with Crippen molar-refractivity contribution in [1.82, 2.24) is 14.9 Å². The smallest absolute Gasteiger partial charge is 0.273 e. The number of carbonyl (C=O) groups is 1. The van der Waals surface area contributed by atoms with Crippen LogP contribution in [0.1, 0.15) is 16.9 Å². The van der Waals surface area contributed by atoms with Gasteiger partial charge in [-0.15, -0.1) is 5.10 Å². The quantitative estimate of drug-likeness (QED) is 0.914. The van der Waals surface area contributed by atoms with Crippen molar-refractivity contribution in [3.8, 4) is 10.4 Å². The molecule has 1 saturated heterocycles. The maximum atomic E-state index is 12.3. The molecule has 8 heteroatoms. The van der Waals surface area contributed by atoms with Gasteiger partial charge in [0.05, 0.1) is 16.4 Å². The molecule has 0 radical (unpaired) electrons. The number of nitrogens with one attached hydrogen (secondary N) is 1. The fraction of sp³-hybridized carbons (Fsp3) is 0.308. The first-order chi connectivity index (χ1) is 10.1. The van der Waals surface area contributed by atoms with Crippen LogP contribution < -0.4 is 5.32 Å². The molecule has 1 aromatic carbocycles. The van der Waals surface area contributed by atoms with Crippen molar-refractivity contribution in [2.24, 2.45) is 0 Å². The molecule has 110 valence electrons. The van der Waals surface area contributed by atoms with Crippen molar-refractivity contribution in [3.63, 3.8) is 0 Å². The Kier molecular flexibility index (Phi) is 3.73. The SMILES string of the molecule is O=C(N[C@H]1CCS(=O)(=O)C1)c1nnsc1-c1ccccc1. The van der Waals surface area contributed by atoms with Gasteiger partial charge in [0.1, 0.15) is 0 Å². The topological polar surface area (TPSA) is 89.0 Å². The van der Waals surface area contributed by atoms with Gasteiger partial charge in [0.2, 0.25) is 0 Å². The van der Waals surface area contributed by atoms with E-state index in [4.69, 9.17) is 0 Å². The maximum Gasteiger partial charge on any atom is 0.273 e. The number of benzene rings is 1. The Hall–Kier alpha value is -1.80. The molecule has 6 nitrogen and oxygen atoms in total. The van der Waals surface area contributed by atoms with Crippen molar-refractivity contribution < 1.29 is 13.2 Å². The second-order valence-corrected chi connectivity index (χ2v) is 7.87. The largest absolute Gasteiger partial charge is 0.347 e. The van der Waals surface area contributed by atoms with Crippen LogP contribution in [0.4, 0.5) is 0 Å². The lowest BCUT2D eigenvalue weighted by molar-refractivity contribution is 0.0936. The van der Waals surface area contributed by atoms with Crippen molar-refractivity contribution in [3.05, 3.63) is 36.0 Å². The van der Waals surface area contributed by atoms with Crippen LogP contribution in [0.3, 0.4) is 0 Å². The van der Waals surface area contributed by atoms with Gasteiger partial charge in [-0.2, -0.15) is 0 Å². The van der Waals surface area contributed by atoms with E-state index in [1.807, 2.05) is 30.3 Å². The summed E-state index contributed by atoms with van der Waals surface area (Å²) in [5, 5.41) is 6.61. The highest BCUT2D eigenvalue weighted by Gasteiger charge is 2.30. The number of hydrogen-bond donors (Lipinski definition) is 1. The Morgan fingerprint density at radius 1 is 1.29 bits per heavy atom. The Labute approximate surface area is 126 Å². The van der Waals surface area contributed by atoms with Crippen LogP contribution in [0.15, 0.2) is 30.3 Å². The lowest BCUT2D eigenvalue weighted by atomic mass is 10.1. The summed E-state index contributed by atoms with van der Waals surface area (Å²) in [5.74, 6) is -0.250. The van der Waals surface area contributed by atoms with Crippen LogP contribution in [-0.2, 0) is 9.84 Å². The predicted octanol–water partition coefficient (Wildman–Crippen LogP) is 1.12. The fourth-order valence-electron chi connectivity index (χ4n) is 2.28. The van der Waals surface area contributed by atoms with Crippen LogP contribution in [0.2, 0.25) is 0 Å². The summed E-state index contributed by atoms with van der Waals surface area (Å²) in [7, 11) is -3.02. The molecule has 0 saturated carbocycles. The van der Waals surface area contributed by atoms with Crippen molar-refractivity contribution in [1.29, 1.82) is 0 Å². The second kappa shape index (κ2) is 5.53. The molecule has 2 aromatic rings. The van der Waals surface area contributed by atoms with E-state index in [-0.39, 0.29) is 29.1 Å². The second-order valence-electron chi connectivity index (χ2n) is 4.89. The number of rotatable bonds is 3. The van der Waals surface area contributed by atoms with E-state index >= 15 is 0 Å². The molecule has 0 unspecified atom stereocenters. The number of sulfone groups is 1. The van der Waals surface area contributed by atoms with Crippen LogP contribution in [0.25, 0.3) is 10.4 Å². The molecule has 1 aromatic heterocycles. The average molecular weight is 323 g/mol. The van der Waals surface area contributed by atoms with Crippen LogP contribution in [0, 0.1) is 0 Å². The maximum absolute atomic E-state index is 12.3. The number of hydrogen-bond acceptors (Lipinski definition) is 6. The average Bonchev–Trinajstić information content (AvgIpc) is 3.06. The Balaban J connectivity index is 1.79. The molecule has 0 bridgehead atoms. The van der Waals surface area contributed by atoms with E-state index in [2.05, 4.69) is 14.9 Å². The lowest BCUT2D eigenvalue weighted by Crippen LogP contribution is -2.36. The van der Waals surface area contributed by atoms with E-state index in [1.54, 1.807) is 0 Å². The van der Waals surface area contributed by atoms with Crippen molar-refractivity contribution in [2.75, 3.05) is 11.5 Å². The van der Waals surface area contributed by atoms with E-state index in [0.717, 1.165) is 17.1 Å². The van der Waals surface area contributed by atoms with E-state index in [9.17, 15) is 13.2 Å². The molecule has 1 atom stereocenters. The highest BCUT2D eigenvalue weighted by Crippen LogP contribution is 2.26. The Bertz CT molecular complexity index is 756. The van der Waals surface area contributed by atoms with Gasteiger partial charge >= 0.3 is 0 Å². The number of nitrogens with zero attached hydrogens (tertiary/aromatic N) is 2. The molecule has 1 amide bonds. The molecule has 21 heavy (non-hydrogen) atoms. The Morgan fingerprint density at radius 3 is 2.71 bits per heavy atom. The molecule has 3 rings (SSSR count). The fourth-order valence-corrected chi connectivity index (χ4v) is 4.62. The molecule has 1 N–H and O–H groups in total. The molecular formula is C13H13N3O3S2. The molecule has 1 aliphatic heterocycles. The van der Waals surface area contributed by atoms with Gasteiger partial charge in [-0.1, -0.05) is 34.8 Å². The third-order valence-corrected chi connectivity index (χ3v) is 5.85. The molecule has 1 fully saturated rings. The lowest BCUT2D eigenvalue weighted by Gasteiger charge is -2.09. The zero-order valence-electron chi connectivity index (χ0n) is 11.0. The number of amides is 1. The van der Waals surface area contributed by atoms with Gasteiger partial charge in [0.25, 0.3) is 5.91 Å². The number of carbonyl (C=O) groups excluding carboxylic acids is 1. The van der Waals surface area contributed by atoms with E-state index in [0.29, 0.717) is 11.3 Å². The summed E-state index contributed by atoms with van der Waals surface area (Å²) >= 11 is 1.15. The molecule has 2 heterocycles. The predicted molar refractivity (Wildman–Crippen MR) is 79.9 cm³/mol. The third-order valence-electron chi connectivity index (χ3n) is 3.31. The van der Waals surface area contributed by atoms with Gasteiger partial charge in [-0.05, 0) is 23.5 Å². The minimum absolute atomic E-state index is 0.00300. The standard InChI is InChI=1S/C13H13N3O3S2/c17-13(14-10-6-7-21(18,19)8-10)11-12(20-16-15-11)9-4-2-1-3-5-9/h1-5,10H,6-8H2,(H,14,17)/t10-/m0/s1. The van der Waals surface area contributed by atoms with Crippen LogP contribution >= 0.6 is 11.5 Å². The third kappa shape index (κ3) is 3.11. The van der Waals surface area contributed by atoms with Gasteiger partial charge in [-0.25, -0.2) is 8.42 Å². The summed E-state index contributed by atoms with van der Waals surface area (Å²) in [4.78, 5) is 13.0. The summed E-state index contributed by atoms with van der Waals surface area (Å²) in [6, 6.07) is 9.06. The van der Waals surface area contributed by atoms with E-state index < -0.39 is 9.84 Å². The first-order valence-corrected chi connectivity index (χ1v) is 9.04. The first kappa shape index (κ1) is 14.2. The first-order valence-electron chi connectivity index (χ1n) is 6.44.